The van der Waals surface area contributed by atoms with Gasteiger partial charge in [0.1, 0.15) is 4.90 Å². The van der Waals surface area contributed by atoms with Gasteiger partial charge in [-0.3, -0.25) is 14.9 Å². The molecule has 1 aromatic rings. The van der Waals surface area contributed by atoms with Gasteiger partial charge in [0.2, 0.25) is 5.75 Å². The van der Waals surface area contributed by atoms with Crippen molar-refractivity contribution < 1.29 is 22.9 Å². The minimum atomic E-state index is -4.27. The van der Waals surface area contributed by atoms with Crippen LogP contribution in [0.4, 0.5) is 5.69 Å². The van der Waals surface area contributed by atoms with Crippen molar-refractivity contribution in [2.75, 3.05) is 0 Å². The molecule has 0 heterocycles. The molecule has 1 aromatic carbocycles. The van der Waals surface area contributed by atoms with Crippen molar-refractivity contribution in [3.8, 4) is 5.75 Å². The first-order valence-corrected chi connectivity index (χ1v) is 6.86. The molecule has 0 aliphatic heterocycles. The summed E-state index contributed by atoms with van der Waals surface area (Å²) < 4.78 is 27.2. The summed E-state index contributed by atoms with van der Waals surface area (Å²) in [4.78, 5) is 20.2. The van der Waals surface area contributed by atoms with E-state index in [2.05, 4.69) is 4.74 Å². The predicted octanol–water partition coefficient (Wildman–Crippen LogP) is 1.76. The number of nitro groups is 1. The van der Waals surface area contributed by atoms with Crippen LogP contribution in [-0.2, 0) is 13.8 Å². The molecule has 0 amide bonds. The van der Waals surface area contributed by atoms with Crippen LogP contribution in [0.2, 0.25) is 0 Å². The molecule has 0 aromatic heterocycles. The lowest BCUT2D eigenvalue weighted by molar-refractivity contribution is -0.385. The molecule has 98 valence electrons. The lowest BCUT2D eigenvalue weighted by Crippen LogP contribution is -2.08. The molecule has 0 N–H and O–H groups in total. The highest BCUT2D eigenvalue weighted by molar-refractivity contribution is 8.13. The number of aryl methyl sites for hydroxylation is 1. The topological polar surface area (TPSA) is 104 Å². The van der Waals surface area contributed by atoms with E-state index in [0.29, 0.717) is 5.56 Å². The Morgan fingerprint density at radius 3 is 2.39 bits per heavy atom. The zero-order chi connectivity index (χ0) is 14.1. The number of hydrogen-bond acceptors (Lipinski definition) is 6. The van der Waals surface area contributed by atoms with Gasteiger partial charge in [-0.05, 0) is 18.6 Å². The third kappa shape index (κ3) is 3.17. The van der Waals surface area contributed by atoms with E-state index in [1.54, 1.807) is 0 Å². The van der Waals surface area contributed by atoms with Crippen molar-refractivity contribution in [1.29, 1.82) is 0 Å². The number of nitrogens with zero attached hydrogens (tertiary/aromatic N) is 1. The second-order valence-corrected chi connectivity index (χ2v) is 5.93. The average molecular weight is 294 g/mol. The first kappa shape index (κ1) is 14.4. The highest BCUT2D eigenvalue weighted by atomic mass is 35.7. The first-order chi connectivity index (χ1) is 8.12. The fourth-order valence-electron chi connectivity index (χ4n) is 1.28. The van der Waals surface area contributed by atoms with E-state index in [-0.39, 0.29) is 0 Å². The molecule has 0 radical (unpaired) electrons. The molecule has 0 fully saturated rings. The maximum absolute atomic E-state index is 11.3. The smallest absolute Gasteiger partial charge is 0.313 e. The number of hydrogen-bond donors (Lipinski definition) is 0. The van der Waals surface area contributed by atoms with Crippen molar-refractivity contribution in [2.45, 2.75) is 18.7 Å². The third-order valence-corrected chi connectivity index (χ3v) is 3.21. The van der Waals surface area contributed by atoms with Crippen molar-refractivity contribution in [3.05, 3.63) is 27.8 Å². The van der Waals surface area contributed by atoms with E-state index in [0.717, 1.165) is 19.1 Å². The van der Waals surface area contributed by atoms with Crippen LogP contribution in [0.15, 0.2) is 17.0 Å². The summed E-state index contributed by atoms with van der Waals surface area (Å²) in [5.74, 6) is -1.56. The largest absolute Gasteiger partial charge is 0.418 e. The van der Waals surface area contributed by atoms with Gasteiger partial charge in [-0.25, -0.2) is 8.42 Å². The molecule has 0 spiro atoms. The lowest BCUT2D eigenvalue weighted by atomic mass is 10.2. The summed E-state index contributed by atoms with van der Waals surface area (Å²) in [7, 11) is 0.887. The number of ether oxygens (including phenoxy) is 1. The Kier molecular flexibility index (Phi) is 3.92. The van der Waals surface area contributed by atoms with E-state index in [9.17, 15) is 23.3 Å². The number of benzene rings is 1. The van der Waals surface area contributed by atoms with E-state index in [4.69, 9.17) is 10.7 Å². The highest BCUT2D eigenvalue weighted by Gasteiger charge is 2.28. The van der Waals surface area contributed by atoms with Gasteiger partial charge in [0.25, 0.3) is 9.05 Å². The van der Waals surface area contributed by atoms with E-state index < -0.39 is 36.3 Å². The SMILES string of the molecule is CC(=O)Oc1c([N+](=O)[O-])cc(C)cc1S(=O)(=O)Cl. The number of rotatable bonds is 3. The predicted molar refractivity (Wildman–Crippen MR) is 62.2 cm³/mol. The van der Waals surface area contributed by atoms with Crippen LogP contribution in [-0.4, -0.2) is 19.3 Å². The van der Waals surface area contributed by atoms with Gasteiger partial charge >= 0.3 is 11.7 Å². The normalized spacial score (nSPS) is 11.1. The third-order valence-electron chi connectivity index (χ3n) is 1.88. The van der Waals surface area contributed by atoms with Crippen LogP contribution in [0, 0.1) is 17.0 Å². The summed E-state index contributed by atoms with van der Waals surface area (Å²) in [5.41, 5.74) is -0.332. The summed E-state index contributed by atoms with van der Waals surface area (Å²) >= 11 is 0. The van der Waals surface area contributed by atoms with Crippen LogP contribution in [0.3, 0.4) is 0 Å². The van der Waals surface area contributed by atoms with Gasteiger partial charge < -0.3 is 4.74 Å². The van der Waals surface area contributed by atoms with Gasteiger partial charge in [-0.15, -0.1) is 0 Å². The summed E-state index contributed by atoms with van der Waals surface area (Å²) in [6.45, 7) is 2.45. The quantitative estimate of drug-likeness (QED) is 0.276. The Balaban J connectivity index is 3.68. The Bertz CT molecular complexity index is 624. The Morgan fingerprint density at radius 1 is 1.44 bits per heavy atom. The summed E-state index contributed by atoms with van der Waals surface area (Å²) in [6, 6.07) is 2.18. The fraction of sp³-hybridized carbons (Fsp3) is 0.222. The van der Waals surface area contributed by atoms with Crippen molar-refractivity contribution in [2.24, 2.45) is 0 Å². The number of nitro benzene ring substituents is 1. The molecule has 0 atom stereocenters. The van der Waals surface area contributed by atoms with Gasteiger partial charge in [0.15, 0.2) is 0 Å². The maximum Gasteiger partial charge on any atom is 0.313 e. The maximum atomic E-state index is 11.3. The molecule has 7 nitrogen and oxygen atoms in total. The van der Waals surface area contributed by atoms with Crippen LogP contribution < -0.4 is 4.74 Å². The van der Waals surface area contributed by atoms with Crippen molar-refractivity contribution >= 4 is 31.4 Å². The number of esters is 1. The summed E-state index contributed by atoms with van der Waals surface area (Å²) in [5, 5.41) is 10.8. The van der Waals surface area contributed by atoms with Gasteiger partial charge in [-0.2, -0.15) is 0 Å². The fourth-order valence-corrected chi connectivity index (χ4v) is 2.32. The standard InChI is InChI=1S/C9H8ClNO6S/c1-5-3-7(11(13)14)9(17-6(2)12)8(4-5)18(10,15)16/h3-4H,1-2H3. The molecule has 0 saturated carbocycles. The van der Waals surface area contributed by atoms with Gasteiger partial charge in [0, 0.05) is 23.7 Å². The van der Waals surface area contributed by atoms with Crippen LogP contribution in [0.5, 0.6) is 5.75 Å². The number of carbonyl (C=O) groups is 1. The molecule has 0 aliphatic carbocycles. The zero-order valence-corrected chi connectivity index (χ0v) is 10.9. The molecule has 0 aliphatic rings. The minimum absolute atomic E-state index is 0.303. The summed E-state index contributed by atoms with van der Waals surface area (Å²) in [6.07, 6.45) is 0. The highest BCUT2D eigenvalue weighted by Crippen LogP contribution is 2.37. The Labute approximate surface area is 107 Å². The monoisotopic (exact) mass is 293 g/mol. The van der Waals surface area contributed by atoms with Crippen LogP contribution >= 0.6 is 10.7 Å². The molecule has 0 saturated heterocycles. The van der Waals surface area contributed by atoms with Crippen molar-refractivity contribution in [1.82, 2.24) is 0 Å². The second kappa shape index (κ2) is 4.91. The molecule has 1 rings (SSSR count). The zero-order valence-electron chi connectivity index (χ0n) is 9.34. The van der Waals surface area contributed by atoms with Crippen LogP contribution in [0.25, 0.3) is 0 Å². The molecule has 18 heavy (non-hydrogen) atoms. The lowest BCUT2D eigenvalue weighted by Gasteiger charge is -2.08. The molecule has 0 bridgehead atoms. The Hall–Kier alpha value is -1.67. The minimum Gasteiger partial charge on any atom is -0.418 e. The number of halogens is 1. The molecular weight excluding hydrogens is 286 g/mol. The first-order valence-electron chi connectivity index (χ1n) is 4.55. The van der Waals surface area contributed by atoms with Gasteiger partial charge in [-0.1, -0.05) is 0 Å². The molecule has 0 unspecified atom stereocenters. The Morgan fingerprint density at radius 2 is 2.00 bits per heavy atom. The average Bonchev–Trinajstić information content (AvgIpc) is 2.17. The molecule has 9 heteroatoms. The number of carbonyl (C=O) groups excluding carboxylic acids is 1. The van der Waals surface area contributed by atoms with Crippen molar-refractivity contribution in [3.63, 3.8) is 0 Å². The van der Waals surface area contributed by atoms with Gasteiger partial charge in [0.05, 0.1) is 4.92 Å². The van der Waals surface area contributed by atoms with E-state index in [1.807, 2.05) is 0 Å². The second-order valence-electron chi connectivity index (χ2n) is 3.40. The molecular formula is C9H8ClNO6S. The van der Waals surface area contributed by atoms with E-state index in [1.165, 1.54) is 6.92 Å². The van der Waals surface area contributed by atoms with E-state index >= 15 is 0 Å². The van der Waals surface area contributed by atoms with Crippen LogP contribution in [0.1, 0.15) is 12.5 Å².